The molecule has 1 aliphatic rings. The Bertz CT molecular complexity index is 1720. The molecule has 0 saturated carbocycles. The van der Waals surface area contributed by atoms with Gasteiger partial charge in [0.15, 0.2) is 0 Å². The number of halogens is 3. The number of pyridine rings is 1. The Morgan fingerprint density at radius 1 is 0.897 bits per heavy atom. The van der Waals surface area contributed by atoms with E-state index in [1.165, 1.54) is 15.2 Å². The van der Waals surface area contributed by atoms with Gasteiger partial charge in [-0.25, -0.2) is 4.79 Å². The third-order valence-corrected chi connectivity index (χ3v) is 7.35. The van der Waals surface area contributed by atoms with Crippen LogP contribution in [0.5, 0.6) is 0 Å². The van der Waals surface area contributed by atoms with Crippen LogP contribution in [0.2, 0.25) is 0 Å². The smallest absolute Gasteiger partial charge is 0.368 e. The first-order chi connectivity index (χ1) is 18.7. The molecule has 1 N–H and O–H groups in total. The number of likely N-dealkylation sites (N-methyl/N-ethyl adjacent to an activating group) is 1. The molecule has 0 spiro atoms. The summed E-state index contributed by atoms with van der Waals surface area (Å²) in [6.07, 6.45) is 0.540. The number of hydrogen-bond donors (Lipinski definition) is 1. The highest BCUT2D eigenvalue weighted by atomic mass is 19.4. The van der Waals surface area contributed by atoms with E-state index in [-0.39, 0.29) is 11.4 Å². The highest BCUT2D eigenvalue weighted by molar-refractivity contribution is 5.85. The average Bonchev–Trinajstić information content (AvgIpc) is 3.52. The number of alkyl halides is 3. The van der Waals surface area contributed by atoms with Gasteiger partial charge in [-0.2, -0.15) is 13.2 Å². The summed E-state index contributed by atoms with van der Waals surface area (Å²) in [5.74, 6) is 0. The molecule has 2 aromatic carbocycles. The summed E-state index contributed by atoms with van der Waals surface area (Å²) in [6, 6.07) is 15.9. The Morgan fingerprint density at radius 2 is 1.67 bits per heavy atom. The van der Waals surface area contributed by atoms with Gasteiger partial charge in [0.25, 0.3) is 0 Å². The molecule has 0 bridgehead atoms. The summed E-state index contributed by atoms with van der Waals surface area (Å²) in [6.45, 7) is 2.36. The molecule has 200 valence electrons. The fourth-order valence-corrected chi connectivity index (χ4v) is 5.18. The maximum Gasteiger partial charge on any atom is 0.418 e. The molecule has 1 saturated heterocycles. The van der Waals surface area contributed by atoms with Crippen molar-refractivity contribution in [1.29, 1.82) is 0 Å². The summed E-state index contributed by atoms with van der Waals surface area (Å²) in [4.78, 5) is 24.7. The highest BCUT2D eigenvalue weighted by Crippen LogP contribution is 2.39. The number of imidazole rings is 1. The molecule has 4 heterocycles. The van der Waals surface area contributed by atoms with Crippen LogP contribution in [-0.4, -0.2) is 57.2 Å². The zero-order valence-corrected chi connectivity index (χ0v) is 21.5. The second kappa shape index (κ2) is 9.46. The van der Waals surface area contributed by atoms with Crippen molar-refractivity contribution < 1.29 is 13.2 Å². The van der Waals surface area contributed by atoms with E-state index in [1.54, 1.807) is 30.4 Å². The number of benzene rings is 2. The predicted octanol–water partition coefficient (Wildman–Crippen LogP) is 5.16. The van der Waals surface area contributed by atoms with E-state index in [4.69, 9.17) is 0 Å². The highest BCUT2D eigenvalue weighted by Gasteiger charge is 2.36. The van der Waals surface area contributed by atoms with Crippen molar-refractivity contribution in [2.75, 3.05) is 38.1 Å². The van der Waals surface area contributed by atoms with Gasteiger partial charge >= 0.3 is 11.9 Å². The number of hydrogen-bond acceptors (Lipinski definition) is 4. The fraction of sp³-hybridized carbons (Fsp3) is 0.241. The second-order valence-electron chi connectivity index (χ2n) is 9.94. The quantitative estimate of drug-likeness (QED) is 0.348. The van der Waals surface area contributed by atoms with E-state index in [1.807, 2.05) is 43.6 Å². The van der Waals surface area contributed by atoms with E-state index in [2.05, 4.69) is 20.9 Å². The average molecular weight is 533 g/mol. The number of H-pyrrole nitrogens is 1. The molecule has 10 heteroatoms. The summed E-state index contributed by atoms with van der Waals surface area (Å²) in [7, 11) is 3.53. The van der Waals surface area contributed by atoms with E-state index in [0.717, 1.165) is 28.1 Å². The van der Waals surface area contributed by atoms with E-state index >= 15 is 0 Å². The molecule has 0 unspecified atom stereocenters. The first-order valence-electron chi connectivity index (χ1n) is 12.7. The van der Waals surface area contributed by atoms with Crippen LogP contribution in [0.25, 0.3) is 39.1 Å². The van der Waals surface area contributed by atoms with Gasteiger partial charge < -0.3 is 19.4 Å². The van der Waals surface area contributed by atoms with Crippen molar-refractivity contribution in [1.82, 2.24) is 24.0 Å². The van der Waals surface area contributed by atoms with Crippen LogP contribution < -0.4 is 10.6 Å². The lowest BCUT2D eigenvalue weighted by Gasteiger charge is -2.35. The van der Waals surface area contributed by atoms with Crippen molar-refractivity contribution >= 4 is 16.6 Å². The molecule has 0 amide bonds. The lowest BCUT2D eigenvalue weighted by atomic mass is 10.0. The minimum Gasteiger partial charge on any atom is -0.368 e. The van der Waals surface area contributed by atoms with Crippen LogP contribution in [0.3, 0.4) is 0 Å². The normalized spacial score (nSPS) is 14.8. The number of fused-ring (bicyclic) bond motifs is 1. The number of nitrogens with one attached hydrogen (secondary N) is 1. The van der Waals surface area contributed by atoms with Gasteiger partial charge in [0.2, 0.25) is 0 Å². The van der Waals surface area contributed by atoms with Crippen LogP contribution >= 0.6 is 0 Å². The molecule has 6 rings (SSSR count). The molecular formula is C29H27F3N6O. The number of aromatic amines is 1. The number of piperazine rings is 1. The number of aryl methyl sites for hydroxylation is 1. The van der Waals surface area contributed by atoms with Crippen LogP contribution in [-0.2, 0) is 13.2 Å². The third kappa shape index (κ3) is 4.61. The van der Waals surface area contributed by atoms with Crippen molar-refractivity contribution in [3.63, 3.8) is 0 Å². The van der Waals surface area contributed by atoms with Gasteiger partial charge in [-0.1, -0.05) is 6.07 Å². The summed E-state index contributed by atoms with van der Waals surface area (Å²) in [5, 5.41) is 1.06. The maximum atomic E-state index is 14.3. The van der Waals surface area contributed by atoms with Gasteiger partial charge in [0, 0.05) is 63.0 Å². The van der Waals surface area contributed by atoms with Crippen molar-refractivity contribution in [3.8, 4) is 28.2 Å². The third-order valence-electron chi connectivity index (χ3n) is 7.35. The number of aromatic nitrogens is 4. The topological polar surface area (TPSA) is 62.1 Å². The summed E-state index contributed by atoms with van der Waals surface area (Å²) >= 11 is 0. The lowest BCUT2D eigenvalue weighted by Crippen LogP contribution is -2.45. The Hall–Kier alpha value is -4.31. The Kier molecular flexibility index (Phi) is 6.06. The molecule has 1 aliphatic heterocycles. The lowest BCUT2D eigenvalue weighted by molar-refractivity contribution is -0.137. The van der Waals surface area contributed by atoms with Crippen LogP contribution in [0.4, 0.5) is 18.9 Å². The van der Waals surface area contributed by atoms with Gasteiger partial charge in [-0.05, 0) is 72.1 Å². The van der Waals surface area contributed by atoms with Crippen molar-refractivity contribution in [3.05, 3.63) is 89.2 Å². The molecular weight excluding hydrogens is 505 g/mol. The zero-order chi connectivity index (χ0) is 27.3. The molecule has 3 aromatic heterocycles. The minimum atomic E-state index is -4.58. The van der Waals surface area contributed by atoms with E-state index < -0.39 is 17.4 Å². The number of nitrogens with zero attached hydrogens (tertiary/aromatic N) is 5. The van der Waals surface area contributed by atoms with E-state index in [9.17, 15) is 18.0 Å². The fourth-order valence-electron chi connectivity index (χ4n) is 5.18. The number of rotatable bonds is 4. The Morgan fingerprint density at radius 3 is 2.44 bits per heavy atom. The molecule has 0 aliphatic carbocycles. The molecule has 5 aromatic rings. The number of anilines is 1. The molecule has 0 atom stereocenters. The molecule has 39 heavy (non-hydrogen) atoms. The van der Waals surface area contributed by atoms with E-state index in [0.29, 0.717) is 37.6 Å². The molecule has 1 fully saturated rings. The van der Waals surface area contributed by atoms with Gasteiger partial charge in [0.05, 0.1) is 22.6 Å². The van der Waals surface area contributed by atoms with Crippen LogP contribution in [0, 0.1) is 0 Å². The van der Waals surface area contributed by atoms with Gasteiger partial charge in [-0.3, -0.25) is 9.55 Å². The summed E-state index contributed by atoms with van der Waals surface area (Å²) < 4.78 is 45.5. The monoisotopic (exact) mass is 532 g/mol. The second-order valence-corrected chi connectivity index (χ2v) is 9.94. The van der Waals surface area contributed by atoms with Gasteiger partial charge in [0.1, 0.15) is 0 Å². The largest absolute Gasteiger partial charge is 0.418 e. The SMILES string of the molecule is CN1CCN(c2ccc(-n3c(-c4cc(-c5ccc6[nH]ccc6c5)ccn4)cn(C)c3=O)cc2C(F)(F)F)CC1. The van der Waals surface area contributed by atoms with Crippen molar-refractivity contribution in [2.45, 2.75) is 6.18 Å². The maximum absolute atomic E-state index is 14.3. The first-order valence-corrected chi connectivity index (χ1v) is 12.7. The molecule has 7 nitrogen and oxygen atoms in total. The minimum absolute atomic E-state index is 0.130. The standard InChI is InChI=1S/C29H27F3N6O/c1-35-11-13-37(14-12-35)26-6-4-22(17-23(26)29(30,31)32)38-27(18-36(2)28(38)39)25-16-20(7-9-34-25)19-3-5-24-21(15-19)8-10-33-24/h3-10,15-18,33H,11-14H2,1-2H3. The van der Waals surface area contributed by atoms with Gasteiger partial charge in [-0.15, -0.1) is 0 Å². The Labute approximate surface area is 222 Å². The zero-order valence-electron chi connectivity index (χ0n) is 21.5. The summed E-state index contributed by atoms with van der Waals surface area (Å²) in [5.41, 5.74) is 2.82. The molecule has 0 radical (unpaired) electrons. The first kappa shape index (κ1) is 25.0. The van der Waals surface area contributed by atoms with Crippen LogP contribution in [0.15, 0.2) is 78.0 Å². The Balaban J connectivity index is 1.45. The predicted molar refractivity (Wildman–Crippen MR) is 146 cm³/mol. The van der Waals surface area contributed by atoms with Crippen molar-refractivity contribution in [2.24, 2.45) is 7.05 Å². The van der Waals surface area contributed by atoms with Crippen LogP contribution in [0.1, 0.15) is 5.56 Å².